The first-order chi connectivity index (χ1) is 14.8. The van der Waals surface area contributed by atoms with Gasteiger partial charge in [0, 0.05) is 56.1 Å². The average Bonchev–Trinajstić information content (AvgIpc) is 3.27. The van der Waals surface area contributed by atoms with E-state index in [-0.39, 0.29) is 6.04 Å². The molecule has 0 amide bonds. The molecule has 1 atom stereocenters. The van der Waals surface area contributed by atoms with Gasteiger partial charge in [-0.3, -0.25) is 4.98 Å². The van der Waals surface area contributed by atoms with Crippen molar-refractivity contribution < 1.29 is 9.47 Å². The Morgan fingerprint density at radius 3 is 3.00 bits per heavy atom. The van der Waals surface area contributed by atoms with E-state index in [1.165, 1.54) is 0 Å². The van der Waals surface area contributed by atoms with Crippen LogP contribution in [0.25, 0.3) is 33.3 Å². The van der Waals surface area contributed by atoms with E-state index in [0.29, 0.717) is 18.2 Å². The molecule has 9 heteroatoms. The van der Waals surface area contributed by atoms with E-state index in [1.807, 2.05) is 18.3 Å². The quantitative estimate of drug-likeness (QED) is 0.520. The van der Waals surface area contributed by atoms with E-state index >= 15 is 0 Å². The third-order valence-electron chi connectivity index (χ3n) is 5.40. The molecular weight excluding hydrogens is 382 g/mol. The second-order valence-electron chi connectivity index (χ2n) is 7.26. The molecule has 30 heavy (non-hydrogen) atoms. The Balaban J connectivity index is 1.70. The summed E-state index contributed by atoms with van der Waals surface area (Å²) in [6.07, 6.45) is 7.11. The normalized spacial score (nSPS) is 17.0. The lowest BCUT2D eigenvalue weighted by Gasteiger charge is -2.35. The number of rotatable bonds is 5. The number of methoxy groups -OCH3 is 2. The van der Waals surface area contributed by atoms with Crippen LogP contribution < -0.4 is 15.0 Å². The third-order valence-corrected chi connectivity index (χ3v) is 5.40. The summed E-state index contributed by atoms with van der Waals surface area (Å²) >= 11 is 0. The molecule has 154 valence electrons. The van der Waals surface area contributed by atoms with Crippen molar-refractivity contribution in [2.24, 2.45) is 0 Å². The van der Waals surface area contributed by atoms with Crippen LogP contribution in [0.2, 0.25) is 0 Å². The van der Waals surface area contributed by atoms with Gasteiger partial charge in [-0.15, -0.1) is 0 Å². The lowest BCUT2D eigenvalue weighted by Crippen LogP contribution is -2.53. The predicted molar refractivity (Wildman–Crippen MR) is 115 cm³/mol. The van der Waals surface area contributed by atoms with Gasteiger partial charge in [0.2, 0.25) is 0 Å². The van der Waals surface area contributed by atoms with Crippen molar-refractivity contribution in [2.45, 2.75) is 6.04 Å². The molecule has 0 radical (unpaired) electrons. The van der Waals surface area contributed by atoms with Crippen LogP contribution >= 0.6 is 0 Å². The van der Waals surface area contributed by atoms with Crippen LogP contribution in [-0.4, -0.2) is 71.4 Å². The van der Waals surface area contributed by atoms with Gasteiger partial charge in [-0.25, -0.2) is 15.0 Å². The van der Waals surface area contributed by atoms with Crippen LogP contribution in [-0.2, 0) is 4.74 Å². The molecule has 1 aliphatic rings. The van der Waals surface area contributed by atoms with Crippen LogP contribution in [0.1, 0.15) is 0 Å². The summed E-state index contributed by atoms with van der Waals surface area (Å²) in [6.45, 7) is 3.09. The Hall–Kier alpha value is -3.30. The number of fused-ring (bicyclic) bond motifs is 2. The molecule has 1 unspecified atom stereocenters. The molecule has 5 rings (SSSR count). The molecule has 4 aromatic heterocycles. The number of aromatic nitrogens is 5. The predicted octanol–water partition coefficient (Wildman–Crippen LogP) is 2.00. The second kappa shape index (κ2) is 7.85. The number of pyridine rings is 2. The van der Waals surface area contributed by atoms with Crippen LogP contribution in [0.5, 0.6) is 5.75 Å². The minimum absolute atomic E-state index is 0.224. The van der Waals surface area contributed by atoms with E-state index < -0.39 is 0 Å². The molecule has 0 aromatic carbocycles. The Morgan fingerprint density at radius 1 is 1.20 bits per heavy atom. The van der Waals surface area contributed by atoms with Crippen molar-refractivity contribution >= 4 is 27.8 Å². The topological polar surface area (TPSA) is 101 Å². The summed E-state index contributed by atoms with van der Waals surface area (Å²) in [5.74, 6) is 2.15. The van der Waals surface area contributed by atoms with E-state index in [2.05, 4.69) is 25.2 Å². The molecule has 9 nitrogen and oxygen atoms in total. The largest absolute Gasteiger partial charge is 0.494 e. The van der Waals surface area contributed by atoms with Gasteiger partial charge in [0.1, 0.15) is 17.2 Å². The molecule has 0 aliphatic carbocycles. The fourth-order valence-electron chi connectivity index (χ4n) is 4.03. The fourth-order valence-corrected chi connectivity index (χ4v) is 4.03. The molecule has 1 aliphatic heterocycles. The standard InChI is InChI=1S/C21H23N7O2/c1-29-12-13-11-28(8-7-23-13)21-18-16(9-22-10-17(18)30-2)26-20(27-21)15-4-6-25-19-14(15)3-5-24-19/h3-6,9-10,13,23H,7-8,11-12H2,1-2H3,(H,24,25). The summed E-state index contributed by atoms with van der Waals surface area (Å²) in [4.78, 5) is 24.0. The first-order valence-corrected chi connectivity index (χ1v) is 9.88. The van der Waals surface area contributed by atoms with Gasteiger partial charge >= 0.3 is 0 Å². The second-order valence-corrected chi connectivity index (χ2v) is 7.26. The Labute approximate surface area is 173 Å². The maximum Gasteiger partial charge on any atom is 0.163 e. The summed E-state index contributed by atoms with van der Waals surface area (Å²) in [5, 5.41) is 5.35. The van der Waals surface area contributed by atoms with Crippen molar-refractivity contribution in [3.63, 3.8) is 0 Å². The number of aromatic amines is 1. The highest BCUT2D eigenvalue weighted by Crippen LogP contribution is 2.35. The number of anilines is 1. The highest BCUT2D eigenvalue weighted by atomic mass is 16.5. The van der Waals surface area contributed by atoms with Gasteiger partial charge < -0.3 is 24.7 Å². The number of piperazine rings is 1. The number of hydrogen-bond acceptors (Lipinski definition) is 8. The molecule has 4 aromatic rings. The van der Waals surface area contributed by atoms with Crippen LogP contribution in [0.4, 0.5) is 5.82 Å². The van der Waals surface area contributed by atoms with Gasteiger partial charge in [-0.1, -0.05) is 0 Å². The maximum atomic E-state index is 5.61. The first kappa shape index (κ1) is 18.7. The average molecular weight is 405 g/mol. The number of ether oxygens (including phenoxy) is 2. The van der Waals surface area contributed by atoms with E-state index in [4.69, 9.17) is 19.4 Å². The molecule has 5 heterocycles. The highest BCUT2D eigenvalue weighted by Gasteiger charge is 2.25. The SMILES string of the molecule is COCC1CN(c2nc(-c3ccnc4[nH]ccc34)nc3cncc(OC)c23)CCN1. The van der Waals surface area contributed by atoms with Crippen molar-refractivity contribution in [2.75, 3.05) is 45.4 Å². The minimum Gasteiger partial charge on any atom is -0.494 e. The molecule has 0 bridgehead atoms. The van der Waals surface area contributed by atoms with Gasteiger partial charge in [0.05, 0.1) is 37.0 Å². The Kier molecular flexibility index (Phi) is 4.89. The van der Waals surface area contributed by atoms with Crippen molar-refractivity contribution in [3.8, 4) is 17.1 Å². The molecule has 2 N–H and O–H groups in total. The van der Waals surface area contributed by atoms with Gasteiger partial charge in [0.15, 0.2) is 5.82 Å². The minimum atomic E-state index is 0.224. The number of nitrogens with zero attached hydrogens (tertiary/aromatic N) is 5. The Morgan fingerprint density at radius 2 is 2.13 bits per heavy atom. The Bertz CT molecular complexity index is 1190. The lowest BCUT2D eigenvalue weighted by molar-refractivity contribution is 0.163. The van der Waals surface area contributed by atoms with Crippen LogP contribution in [0, 0.1) is 0 Å². The van der Waals surface area contributed by atoms with Gasteiger partial charge in [-0.05, 0) is 12.1 Å². The van der Waals surface area contributed by atoms with Crippen molar-refractivity contribution in [3.05, 3.63) is 36.9 Å². The lowest BCUT2D eigenvalue weighted by atomic mass is 10.1. The zero-order chi connectivity index (χ0) is 20.5. The molecule has 0 saturated carbocycles. The zero-order valence-corrected chi connectivity index (χ0v) is 16.9. The molecule has 0 spiro atoms. The van der Waals surface area contributed by atoms with Crippen LogP contribution in [0.3, 0.4) is 0 Å². The summed E-state index contributed by atoms with van der Waals surface area (Å²) < 4.78 is 11.0. The third kappa shape index (κ3) is 3.21. The summed E-state index contributed by atoms with van der Waals surface area (Å²) in [7, 11) is 3.37. The summed E-state index contributed by atoms with van der Waals surface area (Å²) in [6, 6.07) is 4.16. The molecular formula is C21H23N7O2. The number of hydrogen-bond donors (Lipinski definition) is 2. The molecule has 1 fully saturated rings. The number of nitrogens with one attached hydrogen (secondary N) is 2. The van der Waals surface area contributed by atoms with E-state index in [0.717, 1.165) is 53.0 Å². The summed E-state index contributed by atoms with van der Waals surface area (Å²) in [5.41, 5.74) is 2.48. The van der Waals surface area contributed by atoms with E-state index in [9.17, 15) is 0 Å². The van der Waals surface area contributed by atoms with Gasteiger partial charge in [-0.2, -0.15) is 0 Å². The van der Waals surface area contributed by atoms with Crippen molar-refractivity contribution in [1.82, 2.24) is 30.2 Å². The molecule has 1 saturated heterocycles. The highest BCUT2D eigenvalue weighted by molar-refractivity contribution is 5.98. The maximum absolute atomic E-state index is 5.61. The van der Waals surface area contributed by atoms with Crippen molar-refractivity contribution in [1.29, 1.82) is 0 Å². The fraction of sp³-hybridized carbons (Fsp3) is 0.333. The van der Waals surface area contributed by atoms with Gasteiger partial charge in [0.25, 0.3) is 0 Å². The van der Waals surface area contributed by atoms with E-state index in [1.54, 1.807) is 32.8 Å². The zero-order valence-electron chi connectivity index (χ0n) is 16.9. The smallest absolute Gasteiger partial charge is 0.163 e. The number of H-pyrrole nitrogens is 1. The monoisotopic (exact) mass is 405 g/mol. The first-order valence-electron chi connectivity index (χ1n) is 9.88. The van der Waals surface area contributed by atoms with Crippen LogP contribution in [0.15, 0.2) is 36.9 Å².